The summed E-state index contributed by atoms with van der Waals surface area (Å²) in [5, 5.41) is 13.6. The Hall–Kier alpha value is -2.76. The lowest BCUT2D eigenvalue weighted by molar-refractivity contribution is -0.137. The number of anilines is 1. The van der Waals surface area contributed by atoms with Gasteiger partial charge in [-0.3, -0.25) is 4.98 Å². The van der Waals surface area contributed by atoms with Gasteiger partial charge in [0.1, 0.15) is 6.04 Å². The van der Waals surface area contributed by atoms with Gasteiger partial charge in [-0.2, -0.15) is 11.8 Å². The molecule has 4 nitrogen and oxygen atoms in total. The number of nitrogens with one attached hydrogen (secondary N) is 1. The number of aliphatic carboxylic acids is 1. The monoisotopic (exact) mass is 452 g/mol. The van der Waals surface area contributed by atoms with Crippen LogP contribution < -0.4 is 5.32 Å². The summed E-state index contributed by atoms with van der Waals surface area (Å²) >= 11 is 7.87. The van der Waals surface area contributed by atoms with Crippen LogP contribution in [0.1, 0.15) is 23.1 Å². The van der Waals surface area contributed by atoms with Gasteiger partial charge in [0.05, 0.1) is 5.02 Å². The Kier molecular flexibility index (Phi) is 8.15. The molecule has 1 aromatic heterocycles. The van der Waals surface area contributed by atoms with Gasteiger partial charge in [0.2, 0.25) is 0 Å². The minimum absolute atomic E-state index is 0.547. The van der Waals surface area contributed by atoms with E-state index in [0.717, 1.165) is 39.3 Å². The van der Waals surface area contributed by atoms with Crippen LogP contribution in [0.3, 0.4) is 0 Å². The van der Waals surface area contributed by atoms with E-state index in [9.17, 15) is 9.90 Å². The van der Waals surface area contributed by atoms with Crippen LogP contribution in [-0.4, -0.2) is 34.1 Å². The van der Waals surface area contributed by atoms with Crippen LogP contribution in [0.2, 0.25) is 5.02 Å². The molecule has 0 saturated carbocycles. The van der Waals surface area contributed by atoms with E-state index in [0.29, 0.717) is 11.4 Å². The summed E-state index contributed by atoms with van der Waals surface area (Å²) in [5.74, 6) is -0.0731. The van der Waals surface area contributed by atoms with Crippen molar-refractivity contribution in [1.29, 1.82) is 0 Å². The Morgan fingerprint density at radius 3 is 2.71 bits per heavy atom. The maximum absolute atomic E-state index is 11.8. The summed E-state index contributed by atoms with van der Waals surface area (Å²) in [5.41, 5.74) is 5.78. The summed E-state index contributed by atoms with van der Waals surface area (Å²) in [7, 11) is 0. The highest BCUT2D eigenvalue weighted by molar-refractivity contribution is 7.98. The lowest BCUT2D eigenvalue weighted by atomic mass is 9.96. The fraction of sp³-hybridized carbons (Fsp3) is 0.200. The number of carbonyl (C=O) groups is 1. The molecule has 2 N–H and O–H groups in total. The average Bonchev–Trinajstić information content (AvgIpc) is 2.77. The molecule has 0 radical (unpaired) electrons. The first kappa shape index (κ1) is 22.9. The second-order valence-electron chi connectivity index (χ2n) is 7.17. The molecule has 0 aliphatic rings. The maximum atomic E-state index is 11.8. The van der Waals surface area contributed by atoms with Crippen molar-refractivity contribution in [3.8, 4) is 11.1 Å². The molecule has 0 aliphatic carbocycles. The van der Waals surface area contributed by atoms with Crippen LogP contribution in [0, 0.1) is 6.92 Å². The molecule has 160 valence electrons. The lowest BCUT2D eigenvalue weighted by Crippen LogP contribution is -2.30. The number of nitrogens with zero attached hydrogens (tertiary/aromatic N) is 1. The van der Waals surface area contributed by atoms with Crippen LogP contribution in [-0.2, 0) is 4.79 Å². The molecule has 0 bridgehead atoms. The van der Waals surface area contributed by atoms with E-state index in [1.165, 1.54) is 0 Å². The van der Waals surface area contributed by atoms with Gasteiger partial charge < -0.3 is 10.4 Å². The van der Waals surface area contributed by atoms with Crippen LogP contribution in [0.15, 0.2) is 60.9 Å². The smallest absolute Gasteiger partial charge is 0.326 e. The highest BCUT2D eigenvalue weighted by Crippen LogP contribution is 2.33. The minimum Gasteiger partial charge on any atom is -0.480 e. The van der Waals surface area contributed by atoms with Crippen LogP contribution >= 0.6 is 23.4 Å². The highest BCUT2D eigenvalue weighted by Gasteiger charge is 2.19. The lowest BCUT2D eigenvalue weighted by Gasteiger charge is -2.20. The Bertz CT molecular complexity index is 1080. The molecule has 0 saturated heterocycles. The number of aryl methyl sites for hydroxylation is 1. The Balaban J connectivity index is 2.00. The molecule has 0 spiro atoms. The van der Waals surface area contributed by atoms with Crippen molar-refractivity contribution in [2.24, 2.45) is 0 Å². The second-order valence-corrected chi connectivity index (χ2v) is 8.56. The van der Waals surface area contributed by atoms with Gasteiger partial charge in [0.15, 0.2) is 0 Å². The van der Waals surface area contributed by atoms with E-state index in [-0.39, 0.29) is 0 Å². The van der Waals surface area contributed by atoms with Gasteiger partial charge >= 0.3 is 5.97 Å². The van der Waals surface area contributed by atoms with Gasteiger partial charge in [-0.25, -0.2) is 4.79 Å². The van der Waals surface area contributed by atoms with E-state index in [1.807, 2.05) is 42.7 Å². The molecule has 31 heavy (non-hydrogen) atoms. The number of hydrogen-bond acceptors (Lipinski definition) is 4. The third-order valence-corrected chi connectivity index (χ3v) is 5.96. The third-order valence-electron chi connectivity index (χ3n) is 4.97. The predicted molar refractivity (Wildman–Crippen MR) is 133 cm³/mol. The van der Waals surface area contributed by atoms with E-state index in [4.69, 9.17) is 11.6 Å². The van der Waals surface area contributed by atoms with Crippen molar-refractivity contribution in [3.63, 3.8) is 0 Å². The van der Waals surface area contributed by atoms with Gasteiger partial charge in [-0.1, -0.05) is 54.1 Å². The molecule has 1 atom stereocenters. The number of aromatic nitrogens is 1. The minimum atomic E-state index is -0.847. The topological polar surface area (TPSA) is 62.2 Å². The molecule has 0 aliphatic heterocycles. The Morgan fingerprint density at radius 1 is 1.19 bits per heavy atom. The van der Waals surface area contributed by atoms with Gasteiger partial charge in [-0.15, -0.1) is 0 Å². The molecular formula is C25H25ClN2O2S. The summed E-state index contributed by atoms with van der Waals surface area (Å²) in [4.78, 5) is 15.9. The molecule has 0 amide bonds. The average molecular weight is 453 g/mol. The maximum Gasteiger partial charge on any atom is 0.326 e. The predicted octanol–water partition coefficient (Wildman–Crippen LogP) is 6.50. The van der Waals surface area contributed by atoms with Gasteiger partial charge in [-0.05, 0) is 60.2 Å². The number of halogens is 1. The summed E-state index contributed by atoms with van der Waals surface area (Å²) in [6.07, 6.45) is 9.82. The molecular weight excluding hydrogens is 428 g/mol. The zero-order valence-corrected chi connectivity index (χ0v) is 19.1. The zero-order chi connectivity index (χ0) is 22.2. The van der Waals surface area contributed by atoms with Crippen molar-refractivity contribution in [1.82, 2.24) is 4.98 Å². The van der Waals surface area contributed by atoms with E-state index < -0.39 is 12.0 Å². The number of pyridine rings is 1. The number of carboxylic acids is 1. The molecule has 3 rings (SSSR count). The summed E-state index contributed by atoms with van der Waals surface area (Å²) in [6.45, 7) is 2.05. The molecule has 0 unspecified atom stereocenters. The third kappa shape index (κ3) is 6.12. The first-order valence-electron chi connectivity index (χ1n) is 9.95. The number of carboxylic acid groups (broad SMARTS) is 1. The molecule has 6 heteroatoms. The molecule has 2 aromatic carbocycles. The molecule has 3 aromatic rings. The zero-order valence-electron chi connectivity index (χ0n) is 17.5. The summed E-state index contributed by atoms with van der Waals surface area (Å²) < 4.78 is 0. The number of benzene rings is 2. The standard InChI is InChI=1S/C25H25ClN2O2S/c1-17-5-3-4-6-20(17)21-15-18(7-9-19-16-27-13-11-22(19)26)8-10-23(21)28-24(25(29)30)12-14-31-2/h3-11,13,15-16,24,28H,12,14H2,1-2H3,(H,29,30)/t24-/m0/s1. The van der Waals surface area contributed by atoms with E-state index in [1.54, 1.807) is 30.2 Å². The quantitative estimate of drug-likeness (QED) is 0.388. The first-order valence-corrected chi connectivity index (χ1v) is 11.7. The van der Waals surface area contributed by atoms with Crippen molar-refractivity contribution < 1.29 is 9.90 Å². The molecule has 0 fully saturated rings. The SMILES string of the molecule is CSCC[C@H](Nc1ccc(C=Cc2cnccc2Cl)cc1-c1ccccc1C)C(=O)O. The van der Waals surface area contributed by atoms with E-state index in [2.05, 4.69) is 35.4 Å². The highest BCUT2D eigenvalue weighted by atomic mass is 35.5. The largest absolute Gasteiger partial charge is 0.480 e. The fourth-order valence-electron chi connectivity index (χ4n) is 3.27. The van der Waals surface area contributed by atoms with Crippen LogP contribution in [0.5, 0.6) is 0 Å². The number of thioether (sulfide) groups is 1. The van der Waals surface area contributed by atoms with Crippen LogP contribution in [0.4, 0.5) is 5.69 Å². The first-order chi connectivity index (χ1) is 15.0. The normalized spacial score (nSPS) is 12.1. The Labute approximate surface area is 192 Å². The van der Waals surface area contributed by atoms with Crippen molar-refractivity contribution in [2.75, 3.05) is 17.3 Å². The van der Waals surface area contributed by atoms with E-state index >= 15 is 0 Å². The fourth-order valence-corrected chi connectivity index (χ4v) is 3.91. The number of hydrogen-bond donors (Lipinski definition) is 2. The summed E-state index contributed by atoms with van der Waals surface area (Å²) in [6, 6.07) is 15.2. The van der Waals surface area contributed by atoms with Crippen molar-refractivity contribution in [3.05, 3.63) is 82.6 Å². The van der Waals surface area contributed by atoms with Crippen molar-refractivity contribution >= 4 is 47.2 Å². The van der Waals surface area contributed by atoms with Crippen molar-refractivity contribution in [2.45, 2.75) is 19.4 Å². The second kappa shape index (κ2) is 11.0. The van der Waals surface area contributed by atoms with Gasteiger partial charge in [0, 0.05) is 29.2 Å². The molecule has 1 heterocycles. The van der Waals surface area contributed by atoms with Crippen LogP contribution in [0.25, 0.3) is 23.3 Å². The Morgan fingerprint density at radius 2 is 2.00 bits per heavy atom. The number of rotatable bonds is 9. The van der Waals surface area contributed by atoms with Gasteiger partial charge in [0.25, 0.3) is 0 Å².